The van der Waals surface area contributed by atoms with Gasteiger partial charge in [-0.2, -0.15) is 0 Å². The number of rotatable bonds is 3. The van der Waals surface area contributed by atoms with Crippen LogP contribution in [0.1, 0.15) is 5.56 Å². The summed E-state index contributed by atoms with van der Waals surface area (Å²) in [6, 6.07) is 10.5. The molecule has 0 aliphatic carbocycles. The Morgan fingerprint density at radius 1 is 1.00 bits per heavy atom. The number of para-hydroxylation sites is 2. The van der Waals surface area contributed by atoms with Crippen LogP contribution in [0.2, 0.25) is 0 Å². The Balaban J connectivity index is 2.53. The lowest BCUT2D eigenvalue weighted by atomic mass is 10.00. The third kappa shape index (κ3) is 3.03. The molecule has 0 radical (unpaired) electrons. The molecule has 0 aromatic heterocycles. The number of hydrogen-bond donors (Lipinski definition) is 2. The number of hydrogen-bond acceptors (Lipinski definition) is 3. The van der Waals surface area contributed by atoms with Crippen molar-refractivity contribution in [1.82, 2.24) is 0 Å². The minimum Gasteiger partial charge on any atom is -0.405 e. The van der Waals surface area contributed by atoms with E-state index in [0.717, 1.165) is 0 Å². The highest BCUT2D eigenvalue weighted by Gasteiger charge is 2.32. The quantitative estimate of drug-likeness (QED) is 0.849. The average Bonchev–Trinajstić information content (AvgIpc) is 2.38. The van der Waals surface area contributed by atoms with E-state index in [1.165, 1.54) is 18.2 Å². The molecule has 0 bridgehead atoms. The third-order valence-electron chi connectivity index (χ3n) is 2.77. The molecule has 0 fully saturated rings. The number of nitrogen functional groups attached to an aromatic ring is 1. The Morgan fingerprint density at radius 2 is 1.65 bits per heavy atom. The molecule has 2 aromatic rings. The van der Waals surface area contributed by atoms with E-state index >= 15 is 0 Å². The van der Waals surface area contributed by atoms with Crippen LogP contribution in [0, 0.1) is 0 Å². The molecule has 0 saturated heterocycles. The van der Waals surface area contributed by atoms with Gasteiger partial charge >= 0.3 is 6.36 Å². The molecule has 2 rings (SSSR count). The normalized spacial score (nSPS) is 11.4. The molecule has 0 spiro atoms. The maximum atomic E-state index is 12.4. The van der Waals surface area contributed by atoms with Crippen molar-refractivity contribution in [1.29, 1.82) is 0 Å². The van der Waals surface area contributed by atoms with Gasteiger partial charge in [-0.15, -0.1) is 13.2 Å². The van der Waals surface area contributed by atoms with Gasteiger partial charge in [-0.3, -0.25) is 0 Å². The lowest BCUT2D eigenvalue weighted by Gasteiger charge is -2.15. The highest BCUT2D eigenvalue weighted by molar-refractivity contribution is 5.82. The maximum absolute atomic E-state index is 12.4. The van der Waals surface area contributed by atoms with E-state index in [2.05, 4.69) is 4.74 Å². The molecule has 0 amide bonds. The molecule has 0 unspecified atom stereocenters. The number of benzene rings is 2. The molecule has 106 valence electrons. The number of anilines is 1. The van der Waals surface area contributed by atoms with Crippen molar-refractivity contribution in [2.45, 2.75) is 13.0 Å². The standard InChI is InChI=1S/C14H12F3NO2/c15-14(16,17)20-12-7-2-1-5-10(12)11-6-3-4-9(8-19)13(11)18/h1-7,19H,8,18H2. The first-order valence-electron chi connectivity index (χ1n) is 5.76. The monoisotopic (exact) mass is 283 g/mol. The predicted octanol–water partition coefficient (Wildman–Crippen LogP) is 3.33. The number of ether oxygens (including phenoxy) is 1. The Bertz CT molecular complexity index is 612. The van der Waals surface area contributed by atoms with Crippen LogP contribution in [0.5, 0.6) is 5.75 Å². The van der Waals surface area contributed by atoms with Gasteiger partial charge in [0.1, 0.15) is 5.75 Å². The third-order valence-corrected chi connectivity index (χ3v) is 2.77. The first-order chi connectivity index (χ1) is 9.42. The first-order valence-corrected chi connectivity index (χ1v) is 5.76. The van der Waals surface area contributed by atoms with E-state index < -0.39 is 6.36 Å². The molecule has 3 nitrogen and oxygen atoms in total. The van der Waals surface area contributed by atoms with Crippen LogP contribution >= 0.6 is 0 Å². The summed E-state index contributed by atoms with van der Waals surface area (Å²) in [6.07, 6.45) is -4.78. The van der Waals surface area contributed by atoms with Crippen molar-refractivity contribution in [2.75, 3.05) is 5.73 Å². The highest BCUT2D eigenvalue weighted by atomic mass is 19.4. The molecule has 0 heterocycles. The molecule has 0 atom stereocenters. The van der Waals surface area contributed by atoms with Crippen LogP contribution < -0.4 is 10.5 Å². The second-order valence-electron chi connectivity index (χ2n) is 4.08. The summed E-state index contributed by atoms with van der Waals surface area (Å²) < 4.78 is 41.2. The number of halogens is 3. The summed E-state index contributed by atoms with van der Waals surface area (Å²) in [5, 5.41) is 9.15. The van der Waals surface area contributed by atoms with E-state index in [4.69, 9.17) is 10.8 Å². The minimum atomic E-state index is -4.78. The fourth-order valence-electron chi connectivity index (χ4n) is 1.89. The molecular weight excluding hydrogens is 271 g/mol. The second kappa shape index (κ2) is 5.42. The van der Waals surface area contributed by atoms with Crippen molar-refractivity contribution in [3.63, 3.8) is 0 Å². The summed E-state index contributed by atoms with van der Waals surface area (Å²) in [5.41, 5.74) is 7.15. The smallest absolute Gasteiger partial charge is 0.405 e. The van der Waals surface area contributed by atoms with Crippen LogP contribution in [-0.2, 0) is 6.61 Å². The van der Waals surface area contributed by atoms with E-state index in [1.807, 2.05) is 0 Å². The van der Waals surface area contributed by atoms with Gasteiger partial charge in [0, 0.05) is 22.4 Å². The van der Waals surface area contributed by atoms with Gasteiger partial charge in [0.25, 0.3) is 0 Å². The zero-order chi connectivity index (χ0) is 14.8. The van der Waals surface area contributed by atoms with Crippen LogP contribution in [0.15, 0.2) is 42.5 Å². The van der Waals surface area contributed by atoms with Crippen molar-refractivity contribution in [3.8, 4) is 16.9 Å². The van der Waals surface area contributed by atoms with Gasteiger partial charge in [0.2, 0.25) is 0 Å². The average molecular weight is 283 g/mol. The molecule has 6 heteroatoms. The minimum absolute atomic E-state index is 0.220. The molecule has 20 heavy (non-hydrogen) atoms. The Labute approximate surface area is 113 Å². The molecular formula is C14H12F3NO2. The number of aliphatic hydroxyl groups is 1. The first kappa shape index (κ1) is 14.2. The van der Waals surface area contributed by atoms with Gasteiger partial charge < -0.3 is 15.6 Å². The summed E-state index contributed by atoms with van der Waals surface area (Å²) in [6.45, 7) is -0.290. The summed E-state index contributed by atoms with van der Waals surface area (Å²) >= 11 is 0. The second-order valence-corrected chi connectivity index (χ2v) is 4.08. The number of alkyl halides is 3. The van der Waals surface area contributed by atoms with Crippen molar-refractivity contribution < 1.29 is 23.0 Å². The van der Waals surface area contributed by atoms with Crippen LogP contribution in [-0.4, -0.2) is 11.5 Å². The predicted molar refractivity (Wildman–Crippen MR) is 68.9 cm³/mol. The SMILES string of the molecule is Nc1c(CO)cccc1-c1ccccc1OC(F)(F)F. The van der Waals surface area contributed by atoms with E-state index in [9.17, 15) is 13.2 Å². The molecule has 3 N–H and O–H groups in total. The van der Waals surface area contributed by atoms with Gasteiger partial charge in [0.05, 0.1) is 6.61 Å². The molecule has 0 aliphatic rings. The van der Waals surface area contributed by atoms with Crippen molar-refractivity contribution >= 4 is 5.69 Å². The van der Waals surface area contributed by atoms with Crippen molar-refractivity contribution in [3.05, 3.63) is 48.0 Å². The highest BCUT2D eigenvalue weighted by Crippen LogP contribution is 2.37. The lowest BCUT2D eigenvalue weighted by Crippen LogP contribution is -2.17. The Kier molecular flexibility index (Phi) is 3.85. The van der Waals surface area contributed by atoms with E-state index in [1.54, 1.807) is 24.3 Å². The zero-order valence-electron chi connectivity index (χ0n) is 10.3. The molecule has 2 aromatic carbocycles. The van der Waals surface area contributed by atoms with E-state index in [-0.39, 0.29) is 23.6 Å². The van der Waals surface area contributed by atoms with Gasteiger partial charge in [-0.05, 0) is 6.07 Å². The Morgan fingerprint density at radius 3 is 2.30 bits per heavy atom. The zero-order valence-corrected chi connectivity index (χ0v) is 10.3. The summed E-state index contributed by atoms with van der Waals surface area (Å²) in [7, 11) is 0. The molecule has 0 saturated carbocycles. The maximum Gasteiger partial charge on any atom is 0.573 e. The Hall–Kier alpha value is -2.21. The van der Waals surface area contributed by atoms with Crippen LogP contribution in [0.25, 0.3) is 11.1 Å². The van der Waals surface area contributed by atoms with Crippen molar-refractivity contribution in [2.24, 2.45) is 0 Å². The van der Waals surface area contributed by atoms with E-state index in [0.29, 0.717) is 11.1 Å². The fourth-order valence-corrected chi connectivity index (χ4v) is 1.89. The van der Waals surface area contributed by atoms with Gasteiger partial charge in [-0.25, -0.2) is 0 Å². The molecule has 0 aliphatic heterocycles. The fraction of sp³-hybridized carbons (Fsp3) is 0.143. The van der Waals surface area contributed by atoms with Gasteiger partial charge in [-0.1, -0.05) is 36.4 Å². The topological polar surface area (TPSA) is 55.5 Å². The number of nitrogens with two attached hydrogens (primary N) is 1. The largest absolute Gasteiger partial charge is 0.573 e. The number of aliphatic hydroxyl groups excluding tert-OH is 1. The van der Waals surface area contributed by atoms with Gasteiger partial charge in [0.15, 0.2) is 0 Å². The summed E-state index contributed by atoms with van der Waals surface area (Å²) in [4.78, 5) is 0. The summed E-state index contributed by atoms with van der Waals surface area (Å²) in [5.74, 6) is -0.332. The van der Waals surface area contributed by atoms with Crippen LogP contribution in [0.4, 0.5) is 18.9 Å². The van der Waals surface area contributed by atoms with Crippen LogP contribution in [0.3, 0.4) is 0 Å². The lowest BCUT2D eigenvalue weighted by molar-refractivity contribution is -0.274.